The second-order valence-electron chi connectivity index (χ2n) is 5.33. The van der Waals surface area contributed by atoms with E-state index < -0.39 is 5.97 Å². The molecular weight excluding hydrogens is 242 g/mol. The quantitative estimate of drug-likeness (QED) is 0.874. The van der Waals surface area contributed by atoms with Gasteiger partial charge in [-0.1, -0.05) is 19.8 Å². The van der Waals surface area contributed by atoms with Gasteiger partial charge in [-0.05, 0) is 30.9 Å². The highest BCUT2D eigenvalue weighted by molar-refractivity contribution is 5.94. The average Bonchev–Trinajstić information content (AvgIpc) is 2.38. The highest BCUT2D eigenvalue weighted by atomic mass is 16.5. The fourth-order valence-corrected chi connectivity index (χ4v) is 2.74. The lowest BCUT2D eigenvalue weighted by Gasteiger charge is -2.28. The summed E-state index contributed by atoms with van der Waals surface area (Å²) in [5.74, 6) is 0.468. The molecule has 2 atom stereocenters. The van der Waals surface area contributed by atoms with Crippen LogP contribution in [0.2, 0.25) is 0 Å². The maximum atomic E-state index is 11.2. The third-order valence-corrected chi connectivity index (χ3v) is 3.75. The first kappa shape index (κ1) is 13.7. The lowest BCUT2D eigenvalue weighted by atomic mass is 9.87. The molecule has 4 heteroatoms. The van der Waals surface area contributed by atoms with Crippen molar-refractivity contribution in [3.63, 3.8) is 0 Å². The van der Waals surface area contributed by atoms with Crippen LogP contribution in [0.3, 0.4) is 0 Å². The SMILES string of the molecule is COc1ccc(C(=O)O)c(NC2CCCC(C)C2)c1. The van der Waals surface area contributed by atoms with Crippen molar-refractivity contribution in [3.05, 3.63) is 23.8 Å². The van der Waals surface area contributed by atoms with Gasteiger partial charge in [-0.15, -0.1) is 0 Å². The molecule has 1 aliphatic rings. The Morgan fingerprint density at radius 1 is 1.42 bits per heavy atom. The molecule has 0 heterocycles. The molecule has 104 valence electrons. The smallest absolute Gasteiger partial charge is 0.337 e. The molecule has 1 aromatic carbocycles. The van der Waals surface area contributed by atoms with Gasteiger partial charge in [-0.3, -0.25) is 0 Å². The molecule has 0 radical (unpaired) electrons. The number of anilines is 1. The summed E-state index contributed by atoms with van der Waals surface area (Å²) in [5.41, 5.74) is 0.963. The predicted molar refractivity (Wildman–Crippen MR) is 75.0 cm³/mol. The van der Waals surface area contributed by atoms with E-state index in [0.717, 1.165) is 12.8 Å². The maximum Gasteiger partial charge on any atom is 0.337 e. The lowest BCUT2D eigenvalue weighted by Crippen LogP contribution is -2.27. The van der Waals surface area contributed by atoms with Crippen LogP contribution in [-0.4, -0.2) is 24.2 Å². The Balaban J connectivity index is 2.19. The number of rotatable bonds is 4. The van der Waals surface area contributed by atoms with Crippen molar-refractivity contribution >= 4 is 11.7 Å². The van der Waals surface area contributed by atoms with Gasteiger partial charge < -0.3 is 15.2 Å². The molecule has 4 nitrogen and oxygen atoms in total. The third kappa shape index (κ3) is 3.40. The molecular formula is C15H21NO3. The molecule has 1 saturated carbocycles. The number of benzene rings is 1. The number of hydrogen-bond donors (Lipinski definition) is 2. The van der Waals surface area contributed by atoms with E-state index in [-0.39, 0.29) is 0 Å². The Labute approximate surface area is 113 Å². The van der Waals surface area contributed by atoms with Gasteiger partial charge in [0.15, 0.2) is 0 Å². The van der Waals surface area contributed by atoms with Gasteiger partial charge in [0, 0.05) is 12.1 Å². The lowest BCUT2D eigenvalue weighted by molar-refractivity contribution is 0.0698. The molecule has 2 rings (SSSR count). The summed E-state index contributed by atoms with van der Waals surface area (Å²) in [5, 5.41) is 12.6. The van der Waals surface area contributed by atoms with Gasteiger partial charge in [0.2, 0.25) is 0 Å². The van der Waals surface area contributed by atoms with E-state index in [1.54, 1.807) is 25.3 Å². The number of carbonyl (C=O) groups is 1. The number of methoxy groups -OCH3 is 1. The summed E-state index contributed by atoms with van der Waals surface area (Å²) in [4.78, 5) is 11.2. The van der Waals surface area contributed by atoms with Crippen molar-refractivity contribution in [2.75, 3.05) is 12.4 Å². The van der Waals surface area contributed by atoms with Crippen molar-refractivity contribution in [1.29, 1.82) is 0 Å². The molecule has 0 aromatic heterocycles. The first-order valence-electron chi connectivity index (χ1n) is 6.78. The van der Waals surface area contributed by atoms with Gasteiger partial charge in [0.05, 0.1) is 18.4 Å². The molecule has 19 heavy (non-hydrogen) atoms. The fourth-order valence-electron chi connectivity index (χ4n) is 2.74. The van der Waals surface area contributed by atoms with E-state index in [4.69, 9.17) is 4.74 Å². The Kier molecular flexibility index (Phi) is 4.30. The number of ether oxygens (including phenoxy) is 1. The minimum Gasteiger partial charge on any atom is -0.497 e. The van der Waals surface area contributed by atoms with Crippen molar-refractivity contribution in [2.24, 2.45) is 5.92 Å². The highest BCUT2D eigenvalue weighted by Crippen LogP contribution is 2.29. The Morgan fingerprint density at radius 2 is 2.21 bits per heavy atom. The number of carboxylic acids is 1. The number of nitrogens with one attached hydrogen (secondary N) is 1. The van der Waals surface area contributed by atoms with Crippen LogP contribution in [0.15, 0.2) is 18.2 Å². The van der Waals surface area contributed by atoms with Gasteiger partial charge in [0.25, 0.3) is 0 Å². The summed E-state index contributed by atoms with van der Waals surface area (Å²) in [6.45, 7) is 2.25. The van der Waals surface area contributed by atoms with Crippen molar-refractivity contribution in [3.8, 4) is 5.75 Å². The van der Waals surface area contributed by atoms with E-state index in [1.165, 1.54) is 12.8 Å². The van der Waals surface area contributed by atoms with Crippen LogP contribution in [0.4, 0.5) is 5.69 Å². The van der Waals surface area contributed by atoms with E-state index in [9.17, 15) is 9.90 Å². The number of aromatic carboxylic acids is 1. The minimum absolute atomic E-state index is 0.305. The molecule has 0 bridgehead atoms. The van der Waals surface area contributed by atoms with Gasteiger partial charge in [-0.25, -0.2) is 4.79 Å². The van der Waals surface area contributed by atoms with E-state index in [1.807, 2.05) is 0 Å². The summed E-state index contributed by atoms with van der Waals surface area (Å²) in [6.07, 6.45) is 4.66. The molecule has 2 N–H and O–H groups in total. The van der Waals surface area contributed by atoms with Crippen LogP contribution in [0.25, 0.3) is 0 Å². The Hall–Kier alpha value is -1.71. The summed E-state index contributed by atoms with van der Waals surface area (Å²) in [6, 6.07) is 5.39. The Morgan fingerprint density at radius 3 is 2.84 bits per heavy atom. The van der Waals surface area contributed by atoms with Gasteiger partial charge >= 0.3 is 5.97 Å². The third-order valence-electron chi connectivity index (χ3n) is 3.75. The van der Waals surface area contributed by atoms with E-state index in [2.05, 4.69) is 12.2 Å². The van der Waals surface area contributed by atoms with Crippen molar-refractivity contribution in [1.82, 2.24) is 0 Å². The summed E-state index contributed by atoms with van der Waals surface area (Å²) < 4.78 is 5.17. The minimum atomic E-state index is -0.908. The second kappa shape index (κ2) is 5.95. The molecule has 0 amide bonds. The van der Waals surface area contributed by atoms with Crippen molar-refractivity contribution < 1.29 is 14.6 Å². The zero-order valence-electron chi connectivity index (χ0n) is 11.5. The van der Waals surface area contributed by atoms with E-state index >= 15 is 0 Å². The topological polar surface area (TPSA) is 58.6 Å². The van der Waals surface area contributed by atoms with Crippen LogP contribution in [0.5, 0.6) is 5.75 Å². The predicted octanol–water partition coefficient (Wildman–Crippen LogP) is 3.38. The van der Waals surface area contributed by atoms with Crippen LogP contribution in [0.1, 0.15) is 43.0 Å². The van der Waals surface area contributed by atoms with Crippen LogP contribution in [0, 0.1) is 5.92 Å². The molecule has 2 unspecified atom stereocenters. The Bertz CT molecular complexity index is 459. The van der Waals surface area contributed by atoms with E-state index in [0.29, 0.717) is 29.0 Å². The monoisotopic (exact) mass is 263 g/mol. The summed E-state index contributed by atoms with van der Waals surface area (Å²) >= 11 is 0. The normalized spacial score (nSPS) is 22.8. The van der Waals surface area contributed by atoms with Crippen molar-refractivity contribution in [2.45, 2.75) is 38.6 Å². The first-order valence-corrected chi connectivity index (χ1v) is 6.78. The summed E-state index contributed by atoms with van der Waals surface area (Å²) in [7, 11) is 1.59. The standard InChI is InChI=1S/C15H21NO3/c1-10-4-3-5-11(8-10)16-14-9-12(19-2)6-7-13(14)15(17)18/h6-7,9-11,16H,3-5,8H2,1-2H3,(H,17,18). The highest BCUT2D eigenvalue weighted by Gasteiger charge is 2.20. The number of hydrogen-bond acceptors (Lipinski definition) is 3. The van der Waals surface area contributed by atoms with Crippen LogP contribution in [-0.2, 0) is 0 Å². The molecule has 1 aliphatic carbocycles. The van der Waals surface area contributed by atoms with Gasteiger partial charge in [-0.2, -0.15) is 0 Å². The first-order chi connectivity index (χ1) is 9.10. The molecule has 1 fully saturated rings. The second-order valence-corrected chi connectivity index (χ2v) is 5.33. The van der Waals surface area contributed by atoms with Gasteiger partial charge in [0.1, 0.15) is 5.75 Å². The van der Waals surface area contributed by atoms with Crippen LogP contribution < -0.4 is 10.1 Å². The zero-order valence-corrected chi connectivity index (χ0v) is 11.5. The molecule has 0 aliphatic heterocycles. The molecule has 0 saturated heterocycles. The van der Waals surface area contributed by atoms with Crippen LogP contribution >= 0.6 is 0 Å². The zero-order chi connectivity index (χ0) is 13.8. The largest absolute Gasteiger partial charge is 0.497 e. The molecule has 0 spiro atoms. The molecule has 1 aromatic rings. The average molecular weight is 263 g/mol. The number of carboxylic acid groups (broad SMARTS) is 1. The maximum absolute atomic E-state index is 11.2. The fraction of sp³-hybridized carbons (Fsp3) is 0.533.